The Labute approximate surface area is 108 Å². The first-order valence-electron chi connectivity index (χ1n) is 5.28. The first-order valence-corrected chi connectivity index (χ1v) is 5.28. The Morgan fingerprint density at radius 2 is 1.44 bits per heavy atom. The molecule has 0 N–H and O–H groups in total. The number of rotatable bonds is 1. The molecular weight excluding hydrogens is 231 g/mol. The van der Waals surface area contributed by atoms with Crippen LogP contribution in [0.15, 0.2) is 66.8 Å². The van der Waals surface area contributed by atoms with E-state index in [4.69, 9.17) is 0 Å². The zero-order valence-corrected chi connectivity index (χ0v) is 10.3. The van der Waals surface area contributed by atoms with Gasteiger partial charge in [-0.2, -0.15) is 0 Å². The largest absolute Gasteiger partial charge is 0.0732 e. The van der Waals surface area contributed by atoms with Crippen LogP contribution in [-0.4, -0.2) is 0 Å². The van der Waals surface area contributed by atoms with Crippen molar-refractivity contribution >= 4 is 10.8 Å². The van der Waals surface area contributed by atoms with Gasteiger partial charge in [0.05, 0.1) is 0 Å². The molecule has 0 aliphatic heterocycles. The fourth-order valence-electron chi connectivity index (χ4n) is 2.18. The fourth-order valence-corrected chi connectivity index (χ4v) is 2.18. The molecule has 16 heavy (non-hydrogen) atoms. The summed E-state index contributed by atoms with van der Waals surface area (Å²) in [7, 11) is 0. The summed E-state index contributed by atoms with van der Waals surface area (Å²) in [6.45, 7) is 0. The molecule has 1 heteroatoms. The van der Waals surface area contributed by atoms with Crippen molar-refractivity contribution in [2.75, 3.05) is 0 Å². The molecule has 0 bridgehead atoms. The fraction of sp³-hybridized carbons (Fsp3) is 0.0667. The summed E-state index contributed by atoms with van der Waals surface area (Å²) < 4.78 is 0. The van der Waals surface area contributed by atoms with Gasteiger partial charge >= 0.3 is 0 Å². The van der Waals surface area contributed by atoms with E-state index in [1.165, 1.54) is 16.3 Å². The van der Waals surface area contributed by atoms with E-state index in [9.17, 15) is 0 Å². The first kappa shape index (κ1) is 11.3. The van der Waals surface area contributed by atoms with Gasteiger partial charge < -0.3 is 0 Å². The standard InChI is InChI=1S/C15H12.V/c1-2-7-12(6-1)15-11-5-9-13-8-3-4-10-14(13)15;/h1-12H;. The summed E-state index contributed by atoms with van der Waals surface area (Å²) >= 11 is 0. The molecule has 2 aromatic carbocycles. The third-order valence-corrected chi connectivity index (χ3v) is 2.93. The molecule has 0 nitrogen and oxygen atoms in total. The second-order valence-corrected chi connectivity index (χ2v) is 3.86. The minimum absolute atomic E-state index is 0. The van der Waals surface area contributed by atoms with Crippen molar-refractivity contribution in [3.63, 3.8) is 0 Å². The van der Waals surface area contributed by atoms with Crippen LogP contribution < -0.4 is 0 Å². The maximum atomic E-state index is 2.24. The van der Waals surface area contributed by atoms with Crippen LogP contribution in [0.5, 0.6) is 0 Å². The summed E-state index contributed by atoms with van der Waals surface area (Å²) in [5, 5.41) is 2.69. The van der Waals surface area contributed by atoms with E-state index < -0.39 is 0 Å². The SMILES string of the molecule is C1=CC(c2cccc3ccccc23)C=C1.[V]. The van der Waals surface area contributed by atoms with Gasteiger partial charge in [0.25, 0.3) is 0 Å². The molecule has 0 saturated heterocycles. The Balaban J connectivity index is 0.000000963. The molecular formula is C15H12V. The molecule has 1 aliphatic carbocycles. The van der Waals surface area contributed by atoms with E-state index in [-0.39, 0.29) is 18.6 Å². The number of hydrogen-bond donors (Lipinski definition) is 0. The molecule has 0 heterocycles. The molecule has 3 rings (SSSR count). The van der Waals surface area contributed by atoms with Crippen LogP contribution in [0.3, 0.4) is 0 Å². The van der Waals surface area contributed by atoms with Gasteiger partial charge in [0.2, 0.25) is 0 Å². The average Bonchev–Trinajstić information content (AvgIpc) is 2.82. The summed E-state index contributed by atoms with van der Waals surface area (Å²) in [4.78, 5) is 0. The van der Waals surface area contributed by atoms with Crippen molar-refractivity contribution in [1.82, 2.24) is 0 Å². The van der Waals surface area contributed by atoms with Crippen molar-refractivity contribution in [1.29, 1.82) is 0 Å². The second kappa shape index (κ2) is 4.73. The van der Waals surface area contributed by atoms with Crippen LogP contribution in [-0.2, 0) is 18.6 Å². The van der Waals surface area contributed by atoms with Crippen LogP contribution in [0.1, 0.15) is 11.5 Å². The van der Waals surface area contributed by atoms with Crippen LogP contribution >= 0.6 is 0 Å². The second-order valence-electron chi connectivity index (χ2n) is 3.86. The van der Waals surface area contributed by atoms with Crippen molar-refractivity contribution < 1.29 is 18.6 Å². The van der Waals surface area contributed by atoms with Crippen molar-refractivity contribution in [3.8, 4) is 0 Å². The molecule has 2 aromatic rings. The summed E-state index contributed by atoms with van der Waals surface area (Å²) in [5.41, 5.74) is 1.40. The van der Waals surface area contributed by atoms with E-state index in [1.54, 1.807) is 0 Å². The molecule has 0 atom stereocenters. The smallest absolute Gasteiger partial charge is 0.0211 e. The number of hydrogen-bond acceptors (Lipinski definition) is 0. The average molecular weight is 243 g/mol. The molecule has 0 aromatic heterocycles. The zero-order valence-electron chi connectivity index (χ0n) is 8.88. The molecule has 1 radical (unpaired) electrons. The van der Waals surface area contributed by atoms with Crippen molar-refractivity contribution in [3.05, 3.63) is 72.3 Å². The zero-order chi connectivity index (χ0) is 10.1. The van der Waals surface area contributed by atoms with E-state index in [0.29, 0.717) is 5.92 Å². The minimum atomic E-state index is 0. The molecule has 0 fully saturated rings. The predicted molar refractivity (Wildman–Crippen MR) is 65.0 cm³/mol. The van der Waals surface area contributed by atoms with Gasteiger partial charge in [-0.15, -0.1) is 0 Å². The predicted octanol–water partition coefficient (Wildman–Crippen LogP) is 4.05. The maximum Gasteiger partial charge on any atom is 0.0211 e. The van der Waals surface area contributed by atoms with Gasteiger partial charge in [-0.05, 0) is 16.3 Å². The number of fused-ring (bicyclic) bond motifs is 1. The Hall–Kier alpha value is -1.24. The Morgan fingerprint density at radius 1 is 0.750 bits per heavy atom. The van der Waals surface area contributed by atoms with E-state index in [2.05, 4.69) is 66.8 Å². The summed E-state index contributed by atoms with van der Waals surface area (Å²) in [6, 6.07) is 15.1. The van der Waals surface area contributed by atoms with Crippen LogP contribution in [0.25, 0.3) is 10.8 Å². The Bertz CT molecular complexity index is 535. The van der Waals surface area contributed by atoms with Crippen molar-refractivity contribution in [2.45, 2.75) is 5.92 Å². The van der Waals surface area contributed by atoms with Crippen LogP contribution in [0.4, 0.5) is 0 Å². The van der Waals surface area contributed by atoms with Gasteiger partial charge in [0.15, 0.2) is 0 Å². The van der Waals surface area contributed by atoms with E-state index >= 15 is 0 Å². The Kier molecular flexibility index (Phi) is 3.33. The number of allylic oxidation sites excluding steroid dienone is 4. The first-order chi connectivity index (χ1) is 7.45. The Morgan fingerprint density at radius 3 is 2.25 bits per heavy atom. The minimum Gasteiger partial charge on any atom is -0.0732 e. The molecule has 0 unspecified atom stereocenters. The molecule has 1 aliphatic rings. The van der Waals surface area contributed by atoms with E-state index in [1.807, 2.05) is 0 Å². The third-order valence-electron chi connectivity index (χ3n) is 2.93. The van der Waals surface area contributed by atoms with Gasteiger partial charge in [-0.3, -0.25) is 0 Å². The van der Waals surface area contributed by atoms with Gasteiger partial charge in [-0.25, -0.2) is 0 Å². The molecule has 77 valence electrons. The molecule has 0 spiro atoms. The molecule has 0 saturated carbocycles. The summed E-state index contributed by atoms with van der Waals surface area (Å²) in [5.74, 6) is 0.455. The number of benzene rings is 2. The van der Waals surface area contributed by atoms with Crippen molar-refractivity contribution in [2.24, 2.45) is 0 Å². The molecule has 0 amide bonds. The normalized spacial score (nSPS) is 14.2. The van der Waals surface area contributed by atoms with Gasteiger partial charge in [0.1, 0.15) is 0 Å². The van der Waals surface area contributed by atoms with Gasteiger partial charge in [-0.1, -0.05) is 66.8 Å². The topological polar surface area (TPSA) is 0 Å². The quantitative estimate of drug-likeness (QED) is 0.708. The monoisotopic (exact) mass is 243 g/mol. The third kappa shape index (κ3) is 1.87. The van der Waals surface area contributed by atoms with Crippen LogP contribution in [0, 0.1) is 0 Å². The van der Waals surface area contributed by atoms with E-state index in [0.717, 1.165) is 0 Å². The maximum absolute atomic E-state index is 2.24. The van der Waals surface area contributed by atoms with Gasteiger partial charge in [0, 0.05) is 24.5 Å². The van der Waals surface area contributed by atoms with Crippen LogP contribution in [0.2, 0.25) is 0 Å². The summed E-state index contributed by atoms with van der Waals surface area (Å²) in [6.07, 6.45) is 8.71.